The van der Waals surface area contributed by atoms with Gasteiger partial charge in [-0.1, -0.05) is 23.2 Å². The van der Waals surface area contributed by atoms with Crippen molar-refractivity contribution in [2.75, 3.05) is 17.3 Å². The molecule has 26 heavy (non-hydrogen) atoms. The number of carbonyl (C=O) groups is 2. The summed E-state index contributed by atoms with van der Waals surface area (Å²) in [6.45, 7) is 1.91. The molecule has 138 valence electrons. The van der Waals surface area contributed by atoms with E-state index in [1.807, 2.05) is 19.2 Å². The van der Waals surface area contributed by atoms with Crippen LogP contribution in [0.2, 0.25) is 10.0 Å². The molecule has 0 aliphatic heterocycles. The van der Waals surface area contributed by atoms with E-state index in [1.165, 1.54) is 12.1 Å². The van der Waals surface area contributed by atoms with Crippen LogP contribution in [0.3, 0.4) is 0 Å². The predicted octanol–water partition coefficient (Wildman–Crippen LogP) is 4.19. The maximum Gasteiger partial charge on any atom is 0.253 e. The van der Waals surface area contributed by atoms with Crippen molar-refractivity contribution in [3.05, 3.63) is 57.7 Å². The monoisotopic (exact) mass is 411 g/mol. The number of nitrogens with one attached hydrogen (secondary N) is 2. The number of anilines is 1. The maximum absolute atomic E-state index is 12.6. The van der Waals surface area contributed by atoms with Crippen LogP contribution >= 0.6 is 35.0 Å². The molecule has 0 aliphatic rings. The molecule has 8 heteroatoms. The van der Waals surface area contributed by atoms with Gasteiger partial charge >= 0.3 is 0 Å². The molecule has 2 aromatic rings. The number of hydrogen-bond acceptors (Lipinski definition) is 4. The molecule has 0 unspecified atom stereocenters. The lowest BCUT2D eigenvalue weighted by atomic mass is 10.1. The highest BCUT2D eigenvalue weighted by atomic mass is 35.5. The van der Waals surface area contributed by atoms with Gasteiger partial charge < -0.3 is 10.6 Å². The van der Waals surface area contributed by atoms with Gasteiger partial charge in [0.1, 0.15) is 11.9 Å². The van der Waals surface area contributed by atoms with Gasteiger partial charge in [-0.3, -0.25) is 9.59 Å². The SMILES string of the molecule is CSCC[C@@H](NC(=O)c1ccc(Cl)cc1Cl)C(=O)Nc1cc(C)ccn1. The quantitative estimate of drug-likeness (QED) is 0.716. The van der Waals surface area contributed by atoms with E-state index in [4.69, 9.17) is 23.2 Å². The van der Waals surface area contributed by atoms with Gasteiger partial charge in [-0.2, -0.15) is 11.8 Å². The van der Waals surface area contributed by atoms with E-state index in [1.54, 1.807) is 30.1 Å². The van der Waals surface area contributed by atoms with E-state index in [-0.39, 0.29) is 16.5 Å². The summed E-state index contributed by atoms with van der Waals surface area (Å²) >= 11 is 13.5. The number of benzene rings is 1. The number of pyridine rings is 1. The lowest BCUT2D eigenvalue weighted by Crippen LogP contribution is -2.44. The highest BCUT2D eigenvalue weighted by Gasteiger charge is 2.22. The Labute approximate surface area is 166 Å². The van der Waals surface area contributed by atoms with Crippen molar-refractivity contribution in [2.45, 2.75) is 19.4 Å². The number of carbonyl (C=O) groups excluding carboxylic acids is 2. The van der Waals surface area contributed by atoms with Gasteiger partial charge in [0.05, 0.1) is 10.6 Å². The first-order valence-electron chi connectivity index (χ1n) is 7.89. The first-order valence-corrected chi connectivity index (χ1v) is 10.0. The second kappa shape index (κ2) is 9.80. The number of hydrogen-bond donors (Lipinski definition) is 2. The second-order valence-electron chi connectivity index (χ2n) is 5.64. The second-order valence-corrected chi connectivity index (χ2v) is 7.47. The minimum Gasteiger partial charge on any atom is -0.340 e. The third kappa shape index (κ3) is 5.90. The molecule has 1 heterocycles. The Hall–Kier alpha value is -1.76. The summed E-state index contributed by atoms with van der Waals surface area (Å²) in [5, 5.41) is 6.16. The van der Waals surface area contributed by atoms with Crippen LogP contribution in [0.1, 0.15) is 22.3 Å². The summed E-state index contributed by atoms with van der Waals surface area (Å²) in [4.78, 5) is 29.2. The molecule has 0 radical (unpaired) electrons. The molecule has 1 atom stereocenters. The molecule has 0 aliphatic carbocycles. The minimum absolute atomic E-state index is 0.236. The van der Waals surface area contributed by atoms with Crippen LogP contribution in [0.15, 0.2) is 36.5 Å². The maximum atomic E-state index is 12.6. The fourth-order valence-electron chi connectivity index (χ4n) is 2.23. The Morgan fingerprint density at radius 2 is 2.00 bits per heavy atom. The Morgan fingerprint density at radius 1 is 1.23 bits per heavy atom. The van der Waals surface area contributed by atoms with Crippen molar-refractivity contribution >= 4 is 52.6 Å². The molecule has 5 nitrogen and oxygen atoms in total. The molecule has 2 rings (SSSR count). The molecule has 2 N–H and O–H groups in total. The highest BCUT2D eigenvalue weighted by molar-refractivity contribution is 7.98. The molecule has 0 bridgehead atoms. The summed E-state index contributed by atoms with van der Waals surface area (Å²) in [5.41, 5.74) is 1.25. The van der Waals surface area contributed by atoms with Crippen LogP contribution < -0.4 is 10.6 Å². The van der Waals surface area contributed by atoms with E-state index < -0.39 is 11.9 Å². The van der Waals surface area contributed by atoms with Crippen molar-refractivity contribution in [3.63, 3.8) is 0 Å². The smallest absolute Gasteiger partial charge is 0.253 e. The number of aromatic nitrogens is 1. The topological polar surface area (TPSA) is 71.1 Å². The average Bonchev–Trinajstić information content (AvgIpc) is 2.58. The molecular weight excluding hydrogens is 393 g/mol. The van der Waals surface area contributed by atoms with E-state index in [2.05, 4.69) is 15.6 Å². The largest absolute Gasteiger partial charge is 0.340 e. The van der Waals surface area contributed by atoms with Gasteiger partial charge in [0.2, 0.25) is 5.91 Å². The van der Waals surface area contributed by atoms with E-state index in [0.717, 1.165) is 5.56 Å². The Balaban J connectivity index is 2.12. The number of amides is 2. The molecule has 1 aromatic heterocycles. The molecule has 2 amide bonds. The molecule has 0 spiro atoms. The van der Waals surface area contributed by atoms with Crippen molar-refractivity contribution in [2.24, 2.45) is 0 Å². The van der Waals surface area contributed by atoms with Crippen LogP contribution in [0.5, 0.6) is 0 Å². The average molecular weight is 412 g/mol. The zero-order valence-corrected chi connectivity index (χ0v) is 16.7. The van der Waals surface area contributed by atoms with E-state index in [0.29, 0.717) is 23.0 Å². The predicted molar refractivity (Wildman–Crippen MR) is 108 cm³/mol. The fourth-order valence-corrected chi connectivity index (χ4v) is 3.20. The number of halogens is 2. The minimum atomic E-state index is -0.705. The summed E-state index contributed by atoms with van der Waals surface area (Å²) < 4.78 is 0. The highest BCUT2D eigenvalue weighted by Crippen LogP contribution is 2.21. The Bertz CT molecular complexity index is 802. The number of thioether (sulfide) groups is 1. The molecule has 0 saturated carbocycles. The Morgan fingerprint density at radius 3 is 2.65 bits per heavy atom. The molecular formula is C18H19Cl2N3O2S. The van der Waals surface area contributed by atoms with Crippen LogP contribution in [0.4, 0.5) is 5.82 Å². The van der Waals surface area contributed by atoms with Crippen LogP contribution in [0.25, 0.3) is 0 Å². The number of rotatable bonds is 7. The van der Waals surface area contributed by atoms with Crippen molar-refractivity contribution < 1.29 is 9.59 Å². The van der Waals surface area contributed by atoms with E-state index >= 15 is 0 Å². The van der Waals surface area contributed by atoms with Crippen LogP contribution in [0, 0.1) is 6.92 Å². The van der Waals surface area contributed by atoms with Crippen LogP contribution in [-0.4, -0.2) is 34.8 Å². The van der Waals surface area contributed by atoms with Gasteiger partial charge in [0.15, 0.2) is 0 Å². The third-order valence-electron chi connectivity index (χ3n) is 3.57. The normalized spacial score (nSPS) is 11.7. The fraction of sp³-hybridized carbons (Fsp3) is 0.278. The van der Waals surface area contributed by atoms with Crippen LogP contribution in [-0.2, 0) is 4.79 Å². The van der Waals surface area contributed by atoms with Gasteiger partial charge in [0, 0.05) is 11.2 Å². The third-order valence-corrected chi connectivity index (χ3v) is 4.77. The standard InChI is InChI=1S/C18H19Cl2N3O2S/c1-11-5-7-21-16(9-11)23-18(25)15(6-8-26-2)22-17(24)13-4-3-12(19)10-14(13)20/h3-5,7,9-10,15H,6,8H2,1-2H3,(H,22,24)(H,21,23,25)/t15-/m1/s1. The zero-order valence-electron chi connectivity index (χ0n) is 14.4. The summed E-state index contributed by atoms with van der Waals surface area (Å²) in [6, 6.07) is 7.50. The van der Waals surface area contributed by atoms with Crippen molar-refractivity contribution in [1.82, 2.24) is 10.3 Å². The first-order chi connectivity index (χ1) is 12.4. The van der Waals surface area contributed by atoms with Gasteiger partial charge in [0.25, 0.3) is 5.91 Å². The number of nitrogens with zero attached hydrogens (tertiary/aromatic N) is 1. The molecule has 1 aromatic carbocycles. The summed E-state index contributed by atoms with van der Waals surface area (Å²) in [5.74, 6) is 0.414. The summed E-state index contributed by atoms with van der Waals surface area (Å²) in [7, 11) is 0. The van der Waals surface area contributed by atoms with Crippen molar-refractivity contribution in [1.29, 1.82) is 0 Å². The van der Waals surface area contributed by atoms with Gasteiger partial charge in [-0.05, 0) is 61.2 Å². The molecule has 0 saturated heterocycles. The lowest BCUT2D eigenvalue weighted by Gasteiger charge is -2.18. The first kappa shape index (κ1) is 20.6. The van der Waals surface area contributed by atoms with Gasteiger partial charge in [-0.15, -0.1) is 0 Å². The van der Waals surface area contributed by atoms with Crippen molar-refractivity contribution in [3.8, 4) is 0 Å². The van der Waals surface area contributed by atoms with Gasteiger partial charge in [-0.25, -0.2) is 4.98 Å². The van der Waals surface area contributed by atoms with E-state index in [9.17, 15) is 9.59 Å². The zero-order chi connectivity index (χ0) is 19.1. The Kier molecular flexibility index (Phi) is 7.75. The lowest BCUT2D eigenvalue weighted by molar-refractivity contribution is -0.118. The molecule has 0 fully saturated rings. The summed E-state index contributed by atoms with van der Waals surface area (Å²) in [6.07, 6.45) is 4.04. The number of aryl methyl sites for hydroxylation is 1.